The van der Waals surface area contributed by atoms with Crippen molar-refractivity contribution in [2.24, 2.45) is 0 Å². The van der Waals surface area contributed by atoms with Crippen LogP contribution in [0.5, 0.6) is 5.75 Å². The van der Waals surface area contributed by atoms with Crippen LogP contribution >= 0.6 is 0 Å². The molecule has 30 heavy (non-hydrogen) atoms. The Morgan fingerprint density at radius 2 is 1.80 bits per heavy atom. The van der Waals surface area contributed by atoms with Gasteiger partial charge >= 0.3 is 12.4 Å². The molecule has 0 saturated carbocycles. The van der Waals surface area contributed by atoms with E-state index in [4.69, 9.17) is 0 Å². The molecule has 0 bridgehead atoms. The Hall–Kier alpha value is -2.70. The lowest BCUT2D eigenvalue weighted by atomic mass is 10.2. The first-order valence-corrected chi connectivity index (χ1v) is 9.73. The lowest BCUT2D eigenvalue weighted by Gasteiger charge is -2.12. The van der Waals surface area contributed by atoms with Gasteiger partial charge in [-0.2, -0.15) is 26.3 Å². The van der Waals surface area contributed by atoms with Gasteiger partial charge in [-0.05, 0) is 6.92 Å². The second kappa shape index (κ2) is 7.85. The van der Waals surface area contributed by atoms with Crippen LogP contribution in [0, 0.1) is 6.92 Å². The fraction of sp³-hybridized carbons (Fsp3) is 0.353. The maximum absolute atomic E-state index is 12.9. The summed E-state index contributed by atoms with van der Waals surface area (Å²) in [6, 6.07) is 1.92. The van der Waals surface area contributed by atoms with E-state index in [0.29, 0.717) is 5.69 Å². The van der Waals surface area contributed by atoms with Gasteiger partial charge in [0, 0.05) is 17.9 Å². The SMILES string of the molecule is CCS(=O)c1cc(OCC(F)(F)F)cnc1-c1nc2cc(C(F)(F)F)ncn2c1C. The van der Waals surface area contributed by atoms with Crippen molar-refractivity contribution in [1.82, 2.24) is 19.4 Å². The molecule has 3 heterocycles. The Labute approximate surface area is 168 Å². The van der Waals surface area contributed by atoms with Gasteiger partial charge in [-0.3, -0.25) is 8.61 Å². The van der Waals surface area contributed by atoms with Crippen molar-refractivity contribution in [3.05, 3.63) is 36.0 Å². The lowest BCUT2D eigenvalue weighted by molar-refractivity contribution is -0.153. The van der Waals surface area contributed by atoms with Crippen LogP contribution in [0.25, 0.3) is 17.0 Å². The zero-order valence-electron chi connectivity index (χ0n) is 15.5. The molecule has 0 N–H and O–H groups in total. The molecule has 0 spiro atoms. The van der Waals surface area contributed by atoms with E-state index in [2.05, 4.69) is 19.7 Å². The number of pyridine rings is 1. The first-order chi connectivity index (χ1) is 13.9. The Balaban J connectivity index is 2.10. The summed E-state index contributed by atoms with van der Waals surface area (Å²) in [6.45, 7) is 1.60. The Kier molecular flexibility index (Phi) is 5.76. The molecule has 3 rings (SSSR count). The molecule has 0 radical (unpaired) electrons. The summed E-state index contributed by atoms with van der Waals surface area (Å²) >= 11 is 0. The zero-order valence-corrected chi connectivity index (χ0v) is 16.3. The second-order valence-electron chi connectivity index (χ2n) is 6.10. The fourth-order valence-electron chi connectivity index (χ4n) is 2.62. The third-order valence-corrected chi connectivity index (χ3v) is 5.33. The molecule has 0 aromatic carbocycles. The van der Waals surface area contributed by atoms with Gasteiger partial charge in [0.05, 0.1) is 27.6 Å². The van der Waals surface area contributed by atoms with Crippen molar-refractivity contribution < 1.29 is 35.3 Å². The molecule has 0 aliphatic rings. The van der Waals surface area contributed by atoms with Crippen LogP contribution in [-0.2, 0) is 17.0 Å². The summed E-state index contributed by atoms with van der Waals surface area (Å²) in [5.74, 6) is -0.112. The number of imidazole rings is 1. The number of nitrogens with zero attached hydrogens (tertiary/aromatic N) is 4. The molecule has 0 saturated heterocycles. The summed E-state index contributed by atoms with van der Waals surface area (Å²) in [7, 11) is -1.65. The molecule has 0 aliphatic heterocycles. The van der Waals surface area contributed by atoms with Gasteiger partial charge in [0.15, 0.2) is 6.61 Å². The topological polar surface area (TPSA) is 69.4 Å². The molecule has 13 heteroatoms. The summed E-state index contributed by atoms with van der Waals surface area (Å²) < 4.78 is 94.4. The Morgan fingerprint density at radius 3 is 2.40 bits per heavy atom. The molecule has 1 unspecified atom stereocenters. The number of alkyl halides is 6. The predicted molar refractivity (Wildman–Crippen MR) is 94.5 cm³/mol. The first-order valence-electron chi connectivity index (χ1n) is 8.41. The smallest absolute Gasteiger partial charge is 0.433 e. The minimum atomic E-state index is -4.66. The highest BCUT2D eigenvalue weighted by Gasteiger charge is 2.33. The van der Waals surface area contributed by atoms with Crippen LogP contribution in [0.4, 0.5) is 26.3 Å². The fourth-order valence-corrected chi connectivity index (χ4v) is 3.54. The summed E-state index contributed by atoms with van der Waals surface area (Å²) in [5.41, 5.74) is -0.610. The van der Waals surface area contributed by atoms with E-state index in [1.807, 2.05) is 0 Å². The van der Waals surface area contributed by atoms with Gasteiger partial charge in [0.25, 0.3) is 0 Å². The van der Waals surface area contributed by atoms with E-state index in [9.17, 15) is 30.6 Å². The molecule has 3 aromatic rings. The van der Waals surface area contributed by atoms with Crippen LogP contribution in [0.1, 0.15) is 18.3 Å². The van der Waals surface area contributed by atoms with E-state index < -0.39 is 35.5 Å². The van der Waals surface area contributed by atoms with Gasteiger partial charge in [-0.25, -0.2) is 15.0 Å². The number of hydrogen-bond donors (Lipinski definition) is 0. The molecule has 0 fully saturated rings. The van der Waals surface area contributed by atoms with Crippen molar-refractivity contribution in [2.45, 2.75) is 31.1 Å². The maximum atomic E-state index is 12.9. The summed E-state index contributed by atoms with van der Waals surface area (Å²) in [6.07, 6.45) is -7.25. The largest absolute Gasteiger partial charge is 0.482 e. The molecular weight excluding hydrogens is 438 g/mol. The van der Waals surface area contributed by atoms with E-state index in [-0.39, 0.29) is 33.4 Å². The minimum Gasteiger partial charge on any atom is -0.482 e. The molecular formula is C17H14F6N4O2S. The second-order valence-corrected chi connectivity index (χ2v) is 7.81. The average molecular weight is 452 g/mol. The van der Waals surface area contributed by atoms with Gasteiger partial charge in [-0.15, -0.1) is 0 Å². The summed E-state index contributed by atoms with van der Waals surface area (Å²) in [5, 5.41) is 0. The highest BCUT2D eigenvalue weighted by molar-refractivity contribution is 7.85. The molecule has 6 nitrogen and oxygen atoms in total. The van der Waals surface area contributed by atoms with Crippen LogP contribution in [0.3, 0.4) is 0 Å². The number of rotatable bonds is 5. The van der Waals surface area contributed by atoms with Crippen molar-refractivity contribution >= 4 is 16.4 Å². The van der Waals surface area contributed by atoms with Crippen molar-refractivity contribution in [1.29, 1.82) is 0 Å². The zero-order chi connectivity index (χ0) is 22.3. The molecule has 1 atom stereocenters. The van der Waals surface area contributed by atoms with Crippen molar-refractivity contribution in [3.8, 4) is 17.1 Å². The maximum Gasteiger partial charge on any atom is 0.433 e. The standard InChI is InChI=1S/C17H14F6N4O2S/c1-3-30(28)11-4-10(29-7-16(18,19)20)6-24-15(11)14-9(2)27-8-25-12(17(21,22)23)5-13(27)26-14/h4-6,8H,3,7H2,1-2H3. The van der Waals surface area contributed by atoms with Gasteiger partial charge in [-0.1, -0.05) is 6.92 Å². The van der Waals surface area contributed by atoms with Crippen LogP contribution in [-0.4, -0.2) is 42.1 Å². The molecule has 162 valence electrons. The average Bonchev–Trinajstić information content (AvgIpc) is 3.00. The van der Waals surface area contributed by atoms with E-state index >= 15 is 0 Å². The number of aromatic nitrogens is 4. The summed E-state index contributed by atoms with van der Waals surface area (Å²) in [4.78, 5) is 11.6. The third-order valence-electron chi connectivity index (χ3n) is 4.01. The van der Waals surface area contributed by atoms with Crippen LogP contribution < -0.4 is 4.74 Å². The molecule has 3 aromatic heterocycles. The minimum absolute atomic E-state index is 0.0581. The van der Waals surface area contributed by atoms with E-state index in [1.165, 1.54) is 4.40 Å². The molecule has 0 amide bonds. The van der Waals surface area contributed by atoms with Crippen LogP contribution in [0.2, 0.25) is 0 Å². The van der Waals surface area contributed by atoms with E-state index in [1.54, 1.807) is 13.8 Å². The normalized spacial score (nSPS) is 13.6. The van der Waals surface area contributed by atoms with E-state index in [0.717, 1.165) is 24.7 Å². The molecule has 0 aliphatic carbocycles. The quantitative estimate of drug-likeness (QED) is 0.543. The van der Waals surface area contributed by atoms with Gasteiger partial charge in [0.2, 0.25) is 0 Å². The highest BCUT2D eigenvalue weighted by Crippen LogP contribution is 2.32. The van der Waals surface area contributed by atoms with Gasteiger partial charge < -0.3 is 4.74 Å². The van der Waals surface area contributed by atoms with Crippen molar-refractivity contribution in [2.75, 3.05) is 12.4 Å². The number of halogens is 6. The third kappa shape index (κ3) is 4.55. The highest BCUT2D eigenvalue weighted by atomic mass is 32.2. The predicted octanol–water partition coefficient (Wildman–Crippen LogP) is 4.19. The van der Waals surface area contributed by atoms with Crippen LogP contribution in [0.15, 0.2) is 29.6 Å². The number of fused-ring (bicyclic) bond motifs is 1. The number of aryl methyl sites for hydroxylation is 1. The Bertz CT molecular complexity index is 1110. The van der Waals surface area contributed by atoms with Gasteiger partial charge in [0.1, 0.15) is 34.8 Å². The Morgan fingerprint density at radius 1 is 1.10 bits per heavy atom. The number of hydrogen-bond acceptors (Lipinski definition) is 5. The first kappa shape index (κ1) is 22.0. The van der Waals surface area contributed by atoms with Crippen molar-refractivity contribution in [3.63, 3.8) is 0 Å². The monoisotopic (exact) mass is 452 g/mol. The number of ether oxygens (including phenoxy) is 1. The lowest BCUT2D eigenvalue weighted by Crippen LogP contribution is -2.19.